The van der Waals surface area contributed by atoms with Gasteiger partial charge in [-0.3, -0.25) is 5.10 Å². The Morgan fingerprint density at radius 2 is 1.95 bits per heavy atom. The minimum atomic E-state index is -0.255. The normalized spacial score (nSPS) is 16.6. The van der Waals surface area contributed by atoms with E-state index in [1.807, 2.05) is 0 Å². The Morgan fingerprint density at radius 3 is 2.67 bits per heavy atom. The van der Waals surface area contributed by atoms with Crippen LogP contribution in [0.3, 0.4) is 0 Å². The first-order valence-electron chi connectivity index (χ1n) is 7.21. The average molecular weight is 304 g/mol. The van der Waals surface area contributed by atoms with Crippen molar-refractivity contribution in [2.24, 2.45) is 5.10 Å². The summed E-state index contributed by atoms with van der Waals surface area (Å²) in [6, 6.07) is 6.20. The summed E-state index contributed by atoms with van der Waals surface area (Å²) in [5.74, 6) is 1.06. The van der Waals surface area contributed by atoms with Crippen LogP contribution in [0.4, 0.5) is 4.39 Å². The highest BCUT2D eigenvalue weighted by molar-refractivity contribution is 7.71. The van der Waals surface area contributed by atoms with Crippen LogP contribution >= 0.6 is 12.2 Å². The summed E-state index contributed by atoms with van der Waals surface area (Å²) in [6.45, 7) is 0. The molecule has 4 nitrogen and oxygen atoms in total. The van der Waals surface area contributed by atoms with Crippen molar-refractivity contribution < 1.29 is 4.39 Å². The fourth-order valence-corrected chi connectivity index (χ4v) is 2.90. The molecule has 0 spiro atoms. The quantitative estimate of drug-likeness (QED) is 0.688. The molecule has 6 heteroatoms. The minimum absolute atomic E-state index is 0.255. The Bertz CT molecular complexity index is 680. The zero-order valence-corrected chi connectivity index (χ0v) is 12.4. The Morgan fingerprint density at radius 1 is 1.24 bits per heavy atom. The van der Waals surface area contributed by atoms with E-state index < -0.39 is 0 Å². The van der Waals surface area contributed by atoms with Crippen LogP contribution in [0.5, 0.6) is 0 Å². The van der Waals surface area contributed by atoms with Crippen LogP contribution < -0.4 is 0 Å². The average Bonchev–Trinajstić information content (AvgIpc) is 2.89. The number of benzene rings is 1. The molecule has 1 aromatic carbocycles. The van der Waals surface area contributed by atoms with Crippen LogP contribution in [-0.2, 0) is 0 Å². The highest BCUT2D eigenvalue weighted by Gasteiger charge is 2.21. The third kappa shape index (κ3) is 3.26. The third-order valence-electron chi connectivity index (χ3n) is 3.84. The molecule has 2 aromatic rings. The van der Waals surface area contributed by atoms with Gasteiger partial charge in [0, 0.05) is 5.92 Å². The van der Waals surface area contributed by atoms with Gasteiger partial charge >= 0.3 is 0 Å². The molecule has 1 aromatic heterocycles. The van der Waals surface area contributed by atoms with E-state index in [4.69, 9.17) is 12.2 Å². The molecular formula is C15H17FN4S. The lowest BCUT2D eigenvalue weighted by Gasteiger charge is -2.19. The Kier molecular flexibility index (Phi) is 4.24. The summed E-state index contributed by atoms with van der Waals surface area (Å²) in [5.41, 5.74) is 0.828. The lowest BCUT2D eigenvalue weighted by molar-refractivity contribution is 0.419. The molecule has 1 saturated carbocycles. The predicted octanol–water partition coefficient (Wildman–Crippen LogP) is 4.01. The number of aromatic amines is 1. The van der Waals surface area contributed by atoms with Crippen LogP contribution in [0, 0.1) is 10.6 Å². The molecule has 0 amide bonds. The first-order valence-corrected chi connectivity index (χ1v) is 7.62. The molecule has 0 atom stereocenters. The van der Waals surface area contributed by atoms with Crippen LogP contribution in [0.15, 0.2) is 29.4 Å². The van der Waals surface area contributed by atoms with Gasteiger partial charge in [0.05, 0.1) is 6.21 Å². The summed E-state index contributed by atoms with van der Waals surface area (Å²) in [7, 11) is 0. The number of H-pyrrole nitrogens is 1. The molecule has 1 heterocycles. The SMILES string of the molecule is Fc1ccc(/C=N\n2c(C3CCCCC3)n[nH]c2=S)cc1. The van der Waals surface area contributed by atoms with E-state index in [9.17, 15) is 4.39 Å². The lowest BCUT2D eigenvalue weighted by atomic mass is 9.89. The molecule has 0 bridgehead atoms. The maximum absolute atomic E-state index is 12.9. The minimum Gasteiger partial charge on any atom is -0.250 e. The number of nitrogens with one attached hydrogen (secondary N) is 1. The van der Waals surface area contributed by atoms with E-state index >= 15 is 0 Å². The van der Waals surface area contributed by atoms with Crippen molar-refractivity contribution in [1.82, 2.24) is 14.9 Å². The Labute approximate surface area is 127 Å². The topological polar surface area (TPSA) is 46.0 Å². The molecule has 0 radical (unpaired) electrons. The van der Waals surface area contributed by atoms with E-state index in [2.05, 4.69) is 15.3 Å². The third-order valence-corrected chi connectivity index (χ3v) is 4.10. The van der Waals surface area contributed by atoms with Gasteiger partial charge in [-0.1, -0.05) is 31.4 Å². The van der Waals surface area contributed by atoms with Crippen LogP contribution in [0.1, 0.15) is 49.4 Å². The number of rotatable bonds is 3. The number of hydrogen-bond donors (Lipinski definition) is 1. The van der Waals surface area contributed by atoms with Crippen molar-refractivity contribution in [3.8, 4) is 0 Å². The standard InChI is InChI=1S/C15H17FN4S/c16-13-8-6-11(7-9-13)10-17-20-14(18-19-15(20)21)12-4-2-1-3-5-12/h6-10,12H,1-5H2,(H,19,21)/b17-10-. The number of aromatic nitrogens is 3. The Balaban J connectivity index is 1.86. The summed E-state index contributed by atoms with van der Waals surface area (Å²) in [6.07, 6.45) is 7.69. The van der Waals surface area contributed by atoms with E-state index in [1.54, 1.807) is 23.0 Å². The van der Waals surface area contributed by atoms with Gasteiger partial charge in [-0.25, -0.2) is 4.39 Å². The van der Waals surface area contributed by atoms with Crippen molar-refractivity contribution in [3.05, 3.63) is 46.2 Å². The number of hydrogen-bond acceptors (Lipinski definition) is 3. The van der Waals surface area contributed by atoms with Gasteiger partial charge in [0.25, 0.3) is 0 Å². The first kappa shape index (κ1) is 14.1. The summed E-state index contributed by atoms with van der Waals surface area (Å²) >= 11 is 5.25. The highest BCUT2D eigenvalue weighted by Crippen LogP contribution is 2.31. The van der Waals surface area contributed by atoms with E-state index in [0.717, 1.165) is 24.2 Å². The zero-order valence-electron chi connectivity index (χ0n) is 11.6. The lowest BCUT2D eigenvalue weighted by Crippen LogP contribution is -2.10. The summed E-state index contributed by atoms with van der Waals surface area (Å²) in [5, 5.41) is 11.6. The van der Waals surface area contributed by atoms with Gasteiger partial charge in [0.15, 0.2) is 5.82 Å². The first-order chi connectivity index (χ1) is 10.2. The molecular weight excluding hydrogens is 287 g/mol. The molecule has 0 saturated heterocycles. The zero-order chi connectivity index (χ0) is 14.7. The second-order valence-electron chi connectivity index (χ2n) is 5.33. The maximum atomic E-state index is 12.9. The molecule has 110 valence electrons. The van der Waals surface area contributed by atoms with Crippen molar-refractivity contribution >= 4 is 18.4 Å². The molecule has 21 heavy (non-hydrogen) atoms. The van der Waals surface area contributed by atoms with Crippen LogP contribution in [0.25, 0.3) is 0 Å². The second-order valence-corrected chi connectivity index (χ2v) is 5.72. The van der Waals surface area contributed by atoms with Gasteiger partial charge in [0.2, 0.25) is 4.77 Å². The monoisotopic (exact) mass is 304 g/mol. The van der Waals surface area contributed by atoms with Crippen molar-refractivity contribution in [2.75, 3.05) is 0 Å². The maximum Gasteiger partial charge on any atom is 0.216 e. The van der Waals surface area contributed by atoms with Crippen molar-refractivity contribution in [3.63, 3.8) is 0 Å². The number of halogens is 1. The van der Waals surface area contributed by atoms with E-state index in [-0.39, 0.29) is 5.82 Å². The molecule has 1 aliphatic rings. The van der Waals surface area contributed by atoms with E-state index in [0.29, 0.717) is 10.7 Å². The van der Waals surface area contributed by atoms with Crippen molar-refractivity contribution in [1.29, 1.82) is 0 Å². The van der Waals surface area contributed by atoms with Gasteiger partial charge in [0.1, 0.15) is 5.82 Å². The smallest absolute Gasteiger partial charge is 0.216 e. The summed E-state index contributed by atoms with van der Waals surface area (Å²) < 4.78 is 15.1. The highest BCUT2D eigenvalue weighted by atomic mass is 32.1. The molecule has 0 unspecified atom stereocenters. The van der Waals surface area contributed by atoms with Crippen LogP contribution in [0.2, 0.25) is 0 Å². The molecule has 0 aliphatic heterocycles. The van der Waals surface area contributed by atoms with E-state index in [1.165, 1.54) is 31.4 Å². The predicted molar refractivity (Wildman–Crippen MR) is 82.6 cm³/mol. The molecule has 1 fully saturated rings. The largest absolute Gasteiger partial charge is 0.250 e. The van der Waals surface area contributed by atoms with Crippen molar-refractivity contribution in [2.45, 2.75) is 38.0 Å². The van der Waals surface area contributed by atoms with Gasteiger partial charge in [-0.15, -0.1) is 0 Å². The Hall–Kier alpha value is -1.82. The van der Waals surface area contributed by atoms with Crippen LogP contribution in [-0.4, -0.2) is 21.1 Å². The van der Waals surface area contributed by atoms with Gasteiger partial charge in [-0.2, -0.15) is 14.9 Å². The second kappa shape index (κ2) is 6.30. The summed E-state index contributed by atoms with van der Waals surface area (Å²) in [4.78, 5) is 0. The fraction of sp³-hybridized carbons (Fsp3) is 0.400. The molecule has 1 N–H and O–H groups in total. The molecule has 1 aliphatic carbocycles. The number of nitrogens with zero attached hydrogens (tertiary/aromatic N) is 3. The molecule has 3 rings (SSSR count). The van der Waals surface area contributed by atoms with Gasteiger partial charge < -0.3 is 0 Å². The fourth-order valence-electron chi connectivity index (χ4n) is 2.71. The van der Waals surface area contributed by atoms with Gasteiger partial charge in [-0.05, 0) is 42.8 Å².